The number of benzene rings is 1. The Hall–Kier alpha value is -1.39. The largest absolute Gasteiger partial charge is 0.394 e. The molecule has 0 aliphatic rings. The first-order chi connectivity index (χ1) is 8.10. The van der Waals surface area contributed by atoms with Gasteiger partial charge in [0.1, 0.15) is 5.82 Å². The number of nitrogens with two attached hydrogens (primary N) is 1. The Morgan fingerprint density at radius 1 is 1.41 bits per heavy atom. The molecule has 17 heavy (non-hydrogen) atoms. The molecule has 1 aromatic carbocycles. The topological polar surface area (TPSA) is 74.9 Å². The number of hydrogen-bond donors (Lipinski definition) is 3. The highest BCUT2D eigenvalue weighted by atomic mass is 16.3. The fraction of sp³-hybridized carbons (Fsp3) is 0.462. The third-order valence-corrected chi connectivity index (χ3v) is 2.78. The van der Waals surface area contributed by atoms with Gasteiger partial charge in [-0.15, -0.1) is 0 Å². The van der Waals surface area contributed by atoms with Crippen LogP contribution in [0.5, 0.6) is 0 Å². The van der Waals surface area contributed by atoms with Crippen LogP contribution in [0.4, 0.5) is 0 Å². The molecule has 0 fully saturated rings. The summed E-state index contributed by atoms with van der Waals surface area (Å²) in [5, 5.41) is 9.03. The summed E-state index contributed by atoms with van der Waals surface area (Å²) in [5.74, 6) is 1.58. The van der Waals surface area contributed by atoms with E-state index in [-0.39, 0.29) is 12.6 Å². The summed E-state index contributed by atoms with van der Waals surface area (Å²) in [7, 11) is 0. The van der Waals surface area contributed by atoms with Gasteiger partial charge in [-0.1, -0.05) is 19.9 Å². The summed E-state index contributed by atoms with van der Waals surface area (Å²) >= 11 is 0. The third-order valence-electron chi connectivity index (χ3n) is 2.78. The van der Waals surface area contributed by atoms with Gasteiger partial charge >= 0.3 is 0 Å². The van der Waals surface area contributed by atoms with Gasteiger partial charge in [-0.25, -0.2) is 4.98 Å². The number of hydrogen-bond acceptors (Lipinski definition) is 3. The van der Waals surface area contributed by atoms with Crippen molar-refractivity contribution in [1.29, 1.82) is 0 Å². The minimum atomic E-state index is -0.323. The zero-order chi connectivity index (χ0) is 12.4. The first-order valence-electron chi connectivity index (χ1n) is 5.95. The SMILES string of the molecule is CC(C)Cc1nc2ccc(C(N)CO)cc2[nH]1. The Morgan fingerprint density at radius 2 is 2.18 bits per heavy atom. The number of H-pyrrole nitrogens is 1. The van der Waals surface area contributed by atoms with Crippen LogP contribution in [-0.4, -0.2) is 21.7 Å². The summed E-state index contributed by atoms with van der Waals surface area (Å²) in [6, 6.07) is 5.51. The number of aliphatic hydroxyl groups is 1. The van der Waals surface area contributed by atoms with E-state index in [2.05, 4.69) is 23.8 Å². The molecule has 2 rings (SSSR count). The summed E-state index contributed by atoms with van der Waals surface area (Å²) in [4.78, 5) is 7.82. The maximum absolute atomic E-state index is 9.03. The Bertz CT molecular complexity index is 504. The second-order valence-electron chi connectivity index (χ2n) is 4.85. The quantitative estimate of drug-likeness (QED) is 0.753. The van der Waals surface area contributed by atoms with Gasteiger partial charge in [0, 0.05) is 6.42 Å². The van der Waals surface area contributed by atoms with Crippen LogP contribution in [0.3, 0.4) is 0 Å². The zero-order valence-corrected chi connectivity index (χ0v) is 10.3. The maximum Gasteiger partial charge on any atom is 0.107 e. The molecule has 0 saturated heterocycles. The smallest absolute Gasteiger partial charge is 0.107 e. The number of nitrogens with zero attached hydrogens (tertiary/aromatic N) is 1. The summed E-state index contributed by atoms with van der Waals surface area (Å²) in [6.45, 7) is 4.29. The summed E-state index contributed by atoms with van der Waals surface area (Å²) in [6.07, 6.45) is 0.941. The first-order valence-corrected chi connectivity index (χ1v) is 5.95. The van der Waals surface area contributed by atoms with Crippen molar-refractivity contribution in [2.24, 2.45) is 11.7 Å². The van der Waals surface area contributed by atoms with Gasteiger partial charge in [-0.3, -0.25) is 0 Å². The van der Waals surface area contributed by atoms with E-state index in [4.69, 9.17) is 10.8 Å². The van der Waals surface area contributed by atoms with Crippen LogP contribution in [0, 0.1) is 5.92 Å². The predicted molar refractivity (Wildman–Crippen MR) is 68.6 cm³/mol. The van der Waals surface area contributed by atoms with Crippen LogP contribution in [0.1, 0.15) is 31.3 Å². The van der Waals surface area contributed by atoms with Gasteiger partial charge in [0.2, 0.25) is 0 Å². The van der Waals surface area contributed by atoms with E-state index in [1.54, 1.807) is 0 Å². The molecule has 4 nitrogen and oxygen atoms in total. The van der Waals surface area contributed by atoms with Crippen molar-refractivity contribution in [2.45, 2.75) is 26.3 Å². The van der Waals surface area contributed by atoms with Crippen molar-refractivity contribution < 1.29 is 5.11 Å². The summed E-state index contributed by atoms with van der Waals surface area (Å²) < 4.78 is 0. The van der Waals surface area contributed by atoms with Crippen LogP contribution < -0.4 is 5.73 Å². The molecule has 1 atom stereocenters. The second-order valence-corrected chi connectivity index (χ2v) is 4.85. The van der Waals surface area contributed by atoms with Crippen LogP contribution in [0.15, 0.2) is 18.2 Å². The van der Waals surface area contributed by atoms with E-state index in [9.17, 15) is 0 Å². The Morgan fingerprint density at radius 3 is 2.82 bits per heavy atom. The molecule has 1 unspecified atom stereocenters. The molecule has 1 aromatic heterocycles. The number of aliphatic hydroxyl groups excluding tert-OH is 1. The van der Waals surface area contributed by atoms with Crippen LogP contribution in [0.2, 0.25) is 0 Å². The molecule has 0 spiro atoms. The minimum Gasteiger partial charge on any atom is -0.394 e. The molecular weight excluding hydrogens is 214 g/mol. The lowest BCUT2D eigenvalue weighted by Gasteiger charge is -2.07. The molecule has 4 heteroatoms. The van der Waals surface area contributed by atoms with Gasteiger partial charge in [0.25, 0.3) is 0 Å². The van der Waals surface area contributed by atoms with Gasteiger partial charge in [0.15, 0.2) is 0 Å². The molecule has 0 saturated carbocycles. The van der Waals surface area contributed by atoms with E-state index in [1.165, 1.54) is 0 Å². The van der Waals surface area contributed by atoms with Gasteiger partial charge in [0.05, 0.1) is 23.7 Å². The maximum atomic E-state index is 9.03. The number of aromatic nitrogens is 2. The first kappa shape index (κ1) is 12.1. The Kier molecular flexibility index (Phi) is 3.45. The van der Waals surface area contributed by atoms with Crippen molar-refractivity contribution in [3.63, 3.8) is 0 Å². The molecule has 0 bridgehead atoms. The molecule has 1 heterocycles. The number of imidazole rings is 1. The highest BCUT2D eigenvalue weighted by molar-refractivity contribution is 5.76. The Labute approximate surface area is 101 Å². The molecule has 0 amide bonds. The second kappa shape index (κ2) is 4.85. The van der Waals surface area contributed by atoms with E-state index in [1.807, 2.05) is 18.2 Å². The van der Waals surface area contributed by atoms with Crippen LogP contribution in [-0.2, 0) is 6.42 Å². The molecule has 0 aliphatic heterocycles. The van der Waals surface area contributed by atoms with E-state index in [0.717, 1.165) is 28.8 Å². The molecule has 92 valence electrons. The van der Waals surface area contributed by atoms with Crippen molar-refractivity contribution in [3.8, 4) is 0 Å². The van der Waals surface area contributed by atoms with Gasteiger partial charge < -0.3 is 15.8 Å². The van der Waals surface area contributed by atoms with E-state index >= 15 is 0 Å². The zero-order valence-electron chi connectivity index (χ0n) is 10.3. The highest BCUT2D eigenvalue weighted by Crippen LogP contribution is 2.18. The minimum absolute atomic E-state index is 0.0432. The highest BCUT2D eigenvalue weighted by Gasteiger charge is 2.08. The molecule has 0 radical (unpaired) electrons. The van der Waals surface area contributed by atoms with Crippen molar-refractivity contribution in [1.82, 2.24) is 9.97 Å². The summed E-state index contributed by atoms with van der Waals surface area (Å²) in [5.41, 5.74) is 8.66. The average Bonchev–Trinajstić information content (AvgIpc) is 2.67. The van der Waals surface area contributed by atoms with E-state index in [0.29, 0.717) is 5.92 Å². The normalized spacial score (nSPS) is 13.5. The lowest BCUT2D eigenvalue weighted by atomic mass is 10.1. The van der Waals surface area contributed by atoms with Crippen LogP contribution in [0.25, 0.3) is 11.0 Å². The number of aromatic amines is 1. The number of fused-ring (bicyclic) bond motifs is 1. The average molecular weight is 233 g/mol. The van der Waals surface area contributed by atoms with Crippen LogP contribution >= 0.6 is 0 Å². The van der Waals surface area contributed by atoms with E-state index < -0.39 is 0 Å². The molecule has 4 N–H and O–H groups in total. The predicted octanol–water partition coefficient (Wildman–Crippen LogP) is 1.75. The van der Waals surface area contributed by atoms with Crippen molar-refractivity contribution in [3.05, 3.63) is 29.6 Å². The Balaban J connectivity index is 2.34. The fourth-order valence-corrected chi connectivity index (χ4v) is 1.90. The van der Waals surface area contributed by atoms with Crippen molar-refractivity contribution >= 4 is 11.0 Å². The van der Waals surface area contributed by atoms with Gasteiger partial charge in [-0.05, 0) is 23.6 Å². The third kappa shape index (κ3) is 2.65. The molecule has 0 aliphatic carbocycles. The number of nitrogens with one attached hydrogen (secondary N) is 1. The monoisotopic (exact) mass is 233 g/mol. The van der Waals surface area contributed by atoms with Gasteiger partial charge in [-0.2, -0.15) is 0 Å². The standard InChI is InChI=1S/C13H19N3O/c1-8(2)5-13-15-11-4-3-9(10(14)7-17)6-12(11)16-13/h3-4,6,8,10,17H,5,7,14H2,1-2H3,(H,15,16). The van der Waals surface area contributed by atoms with Crippen molar-refractivity contribution in [2.75, 3.05) is 6.61 Å². The fourth-order valence-electron chi connectivity index (χ4n) is 1.90. The lowest BCUT2D eigenvalue weighted by Crippen LogP contribution is -2.14. The molecular formula is C13H19N3O. The lowest BCUT2D eigenvalue weighted by molar-refractivity contribution is 0.268. The molecule has 2 aromatic rings. The number of rotatable bonds is 4.